The van der Waals surface area contributed by atoms with Crippen LogP contribution in [0.2, 0.25) is 0 Å². The monoisotopic (exact) mass is 493 g/mol. The molecule has 7 nitrogen and oxygen atoms in total. The van der Waals surface area contributed by atoms with Gasteiger partial charge in [0, 0.05) is 43.7 Å². The van der Waals surface area contributed by atoms with E-state index in [9.17, 15) is 27.2 Å². The second kappa shape index (κ2) is 10.0. The first-order chi connectivity index (χ1) is 16.6. The molecule has 1 saturated heterocycles. The van der Waals surface area contributed by atoms with Gasteiger partial charge in [-0.1, -0.05) is 30.3 Å². The minimum atomic E-state index is -5.35. The highest BCUT2D eigenvalue weighted by Crippen LogP contribution is 2.35. The van der Waals surface area contributed by atoms with Gasteiger partial charge in [-0.05, 0) is 25.2 Å². The molecule has 4 rings (SSSR count). The number of nitrogens with zero attached hydrogens (tertiary/aromatic N) is 3. The first kappa shape index (κ1) is 24.7. The third kappa shape index (κ3) is 5.46. The normalized spacial score (nSPS) is 15.3. The SMILES string of the molecule is CN1CCN(CCOc2c(-c3ccccc3)n(OC(=O)C(F)(F)F)c(=O)c3cc(F)ccc23)CC1. The summed E-state index contributed by atoms with van der Waals surface area (Å²) >= 11 is 0. The molecule has 186 valence electrons. The van der Waals surface area contributed by atoms with Gasteiger partial charge in [0.15, 0.2) is 5.75 Å². The number of benzene rings is 2. The predicted octanol–water partition coefficient (Wildman–Crippen LogP) is 2.95. The van der Waals surface area contributed by atoms with Gasteiger partial charge < -0.3 is 14.5 Å². The Kier molecular flexibility index (Phi) is 7.08. The number of pyridine rings is 1. The summed E-state index contributed by atoms with van der Waals surface area (Å²) < 4.78 is 59.3. The Hall–Kier alpha value is -3.44. The molecule has 0 amide bonds. The van der Waals surface area contributed by atoms with Gasteiger partial charge >= 0.3 is 12.1 Å². The minimum absolute atomic E-state index is 0.00917. The fourth-order valence-corrected chi connectivity index (χ4v) is 3.88. The number of carbonyl (C=O) groups excluding carboxylic acids is 1. The second-order valence-corrected chi connectivity index (χ2v) is 8.20. The van der Waals surface area contributed by atoms with Gasteiger partial charge in [0.1, 0.15) is 18.1 Å². The summed E-state index contributed by atoms with van der Waals surface area (Å²) in [5.74, 6) is -3.36. The van der Waals surface area contributed by atoms with Gasteiger partial charge in [0.2, 0.25) is 0 Å². The summed E-state index contributed by atoms with van der Waals surface area (Å²) in [5.41, 5.74) is -1.02. The molecule has 0 spiro atoms. The van der Waals surface area contributed by atoms with E-state index in [0.29, 0.717) is 6.54 Å². The largest absolute Gasteiger partial charge is 0.493 e. The van der Waals surface area contributed by atoms with Crippen LogP contribution in [0.1, 0.15) is 0 Å². The lowest BCUT2D eigenvalue weighted by atomic mass is 10.1. The number of rotatable bonds is 6. The van der Waals surface area contributed by atoms with Crippen LogP contribution in [0.25, 0.3) is 22.0 Å². The Labute approximate surface area is 198 Å². The number of halogens is 4. The standard InChI is InChI=1S/C24H23F4N3O4/c1-29-9-11-30(12-10-29)13-14-34-21-18-8-7-17(25)15-19(18)22(32)31(35-23(33)24(26,27)28)20(21)16-5-3-2-4-6-16/h2-8,15H,9-14H2,1H3. The molecule has 2 heterocycles. The van der Waals surface area contributed by atoms with Crippen molar-refractivity contribution in [3.05, 3.63) is 64.7 Å². The van der Waals surface area contributed by atoms with E-state index < -0.39 is 23.5 Å². The Bertz CT molecular complexity index is 1270. The van der Waals surface area contributed by atoms with Crippen molar-refractivity contribution in [3.63, 3.8) is 0 Å². The van der Waals surface area contributed by atoms with Crippen molar-refractivity contribution in [2.45, 2.75) is 6.18 Å². The maximum absolute atomic E-state index is 14.0. The number of alkyl halides is 3. The highest BCUT2D eigenvalue weighted by Gasteiger charge is 2.43. The molecule has 0 bridgehead atoms. The summed E-state index contributed by atoms with van der Waals surface area (Å²) in [7, 11) is 2.02. The molecule has 1 aromatic heterocycles. The predicted molar refractivity (Wildman–Crippen MR) is 121 cm³/mol. The van der Waals surface area contributed by atoms with Crippen molar-refractivity contribution in [1.82, 2.24) is 14.5 Å². The first-order valence-electron chi connectivity index (χ1n) is 10.9. The van der Waals surface area contributed by atoms with E-state index in [4.69, 9.17) is 4.74 Å². The number of likely N-dealkylation sites (N-methyl/N-ethyl adjacent to an activating group) is 1. The van der Waals surface area contributed by atoms with Crippen molar-refractivity contribution in [2.24, 2.45) is 0 Å². The molecular weight excluding hydrogens is 470 g/mol. The molecule has 3 aromatic rings. The molecule has 1 fully saturated rings. The lowest BCUT2D eigenvalue weighted by Gasteiger charge is -2.32. The molecule has 0 saturated carbocycles. The number of fused-ring (bicyclic) bond motifs is 1. The number of aromatic nitrogens is 1. The number of carbonyl (C=O) groups is 1. The van der Waals surface area contributed by atoms with Gasteiger partial charge in [-0.3, -0.25) is 9.69 Å². The summed E-state index contributed by atoms with van der Waals surface area (Å²) in [4.78, 5) is 33.7. The van der Waals surface area contributed by atoms with E-state index in [0.717, 1.165) is 38.3 Å². The Morgan fingerprint density at radius 2 is 1.69 bits per heavy atom. The van der Waals surface area contributed by atoms with Crippen LogP contribution in [-0.2, 0) is 4.79 Å². The van der Waals surface area contributed by atoms with Crippen molar-refractivity contribution >= 4 is 16.7 Å². The molecule has 1 aliphatic rings. The third-order valence-electron chi connectivity index (χ3n) is 5.76. The summed E-state index contributed by atoms with van der Waals surface area (Å²) in [6.07, 6.45) is -5.35. The summed E-state index contributed by atoms with van der Waals surface area (Å²) in [5, 5.41) is -0.0952. The van der Waals surface area contributed by atoms with Crippen molar-refractivity contribution in [1.29, 1.82) is 0 Å². The Morgan fingerprint density at radius 3 is 2.34 bits per heavy atom. The molecule has 0 aliphatic carbocycles. The lowest BCUT2D eigenvalue weighted by Crippen LogP contribution is -2.45. The van der Waals surface area contributed by atoms with E-state index in [1.165, 1.54) is 18.2 Å². The van der Waals surface area contributed by atoms with Crippen LogP contribution in [0.15, 0.2) is 53.3 Å². The van der Waals surface area contributed by atoms with Crippen LogP contribution in [-0.4, -0.2) is 73.1 Å². The van der Waals surface area contributed by atoms with Gasteiger partial charge in [-0.15, -0.1) is 4.73 Å². The lowest BCUT2D eigenvalue weighted by molar-refractivity contribution is -0.200. The number of ether oxygens (including phenoxy) is 1. The second-order valence-electron chi connectivity index (χ2n) is 8.20. The van der Waals surface area contributed by atoms with Crippen LogP contribution >= 0.6 is 0 Å². The fraction of sp³-hybridized carbons (Fsp3) is 0.333. The summed E-state index contributed by atoms with van der Waals surface area (Å²) in [6, 6.07) is 11.3. The molecule has 35 heavy (non-hydrogen) atoms. The zero-order chi connectivity index (χ0) is 25.2. The van der Waals surface area contributed by atoms with Crippen molar-refractivity contribution < 1.29 is 31.9 Å². The maximum atomic E-state index is 14.0. The highest BCUT2D eigenvalue weighted by molar-refractivity contribution is 5.93. The molecule has 1 aliphatic heterocycles. The van der Waals surface area contributed by atoms with Crippen LogP contribution in [0, 0.1) is 5.82 Å². The van der Waals surface area contributed by atoms with Crippen molar-refractivity contribution in [3.8, 4) is 17.0 Å². The average Bonchev–Trinajstić information content (AvgIpc) is 2.83. The van der Waals surface area contributed by atoms with E-state index in [2.05, 4.69) is 14.6 Å². The van der Waals surface area contributed by atoms with Crippen LogP contribution < -0.4 is 15.1 Å². The molecule has 0 N–H and O–H groups in total. The van der Waals surface area contributed by atoms with E-state index in [1.807, 2.05) is 7.05 Å². The minimum Gasteiger partial charge on any atom is -0.489 e. The maximum Gasteiger partial charge on any atom is 0.493 e. The number of hydrogen-bond donors (Lipinski definition) is 0. The zero-order valence-corrected chi connectivity index (χ0v) is 18.8. The molecule has 0 unspecified atom stereocenters. The van der Waals surface area contributed by atoms with Crippen molar-refractivity contribution in [2.75, 3.05) is 46.4 Å². The molecule has 0 atom stereocenters. The quantitative estimate of drug-likeness (QED) is 0.492. The Morgan fingerprint density at radius 1 is 1.00 bits per heavy atom. The molecule has 0 radical (unpaired) electrons. The molecule has 11 heteroatoms. The highest BCUT2D eigenvalue weighted by atomic mass is 19.4. The van der Waals surface area contributed by atoms with Crippen LogP contribution in [0.5, 0.6) is 5.75 Å². The third-order valence-corrected chi connectivity index (χ3v) is 5.76. The van der Waals surface area contributed by atoms with Gasteiger partial charge in [0.25, 0.3) is 5.56 Å². The van der Waals surface area contributed by atoms with Crippen LogP contribution in [0.4, 0.5) is 17.6 Å². The fourth-order valence-electron chi connectivity index (χ4n) is 3.88. The number of piperazine rings is 1. The van der Waals surface area contributed by atoms with Gasteiger partial charge in [0.05, 0.1) is 5.39 Å². The van der Waals surface area contributed by atoms with E-state index in [-0.39, 0.29) is 39.1 Å². The van der Waals surface area contributed by atoms with Crippen LogP contribution in [0.3, 0.4) is 0 Å². The van der Waals surface area contributed by atoms with Gasteiger partial charge in [-0.2, -0.15) is 13.2 Å². The molecule has 2 aromatic carbocycles. The first-order valence-corrected chi connectivity index (χ1v) is 10.9. The van der Waals surface area contributed by atoms with E-state index in [1.54, 1.807) is 18.2 Å². The average molecular weight is 493 g/mol. The summed E-state index contributed by atoms with van der Waals surface area (Å²) in [6.45, 7) is 4.07. The smallest absolute Gasteiger partial charge is 0.489 e. The number of hydrogen-bond acceptors (Lipinski definition) is 6. The molecular formula is C24H23F4N3O4. The van der Waals surface area contributed by atoms with E-state index >= 15 is 0 Å². The van der Waals surface area contributed by atoms with Gasteiger partial charge in [-0.25, -0.2) is 9.18 Å². The topological polar surface area (TPSA) is 64.0 Å². The Balaban J connectivity index is 1.82. The zero-order valence-electron chi connectivity index (χ0n) is 18.8.